The molecular formula is C8H12N6O2. The topological polar surface area (TPSA) is 151 Å². The third-order valence-electron chi connectivity index (χ3n) is 2.36. The van der Waals surface area contributed by atoms with Crippen LogP contribution in [-0.4, -0.2) is 10.4 Å². The molecule has 0 amide bonds. The summed E-state index contributed by atoms with van der Waals surface area (Å²) in [5.41, 5.74) is 22.9. The fraction of sp³-hybridized carbons (Fsp3) is 0. The molecule has 8 nitrogen and oxygen atoms in total. The molecule has 1 aliphatic heterocycles. The second kappa shape index (κ2) is 3.08. The lowest BCUT2D eigenvalue weighted by Crippen LogP contribution is -2.40. The molecule has 0 aliphatic carbocycles. The first-order chi connectivity index (χ1) is 7.45. The SMILES string of the molecule is NC1=C(N)N(O)c2c(N)ccc(N)c2N1O. The molecule has 0 atom stereocenters. The Labute approximate surface area is 90.8 Å². The minimum absolute atomic E-state index is 0.0919. The lowest BCUT2D eigenvalue weighted by Gasteiger charge is -2.33. The molecule has 0 bridgehead atoms. The van der Waals surface area contributed by atoms with Gasteiger partial charge in [-0.25, -0.2) is 10.1 Å². The second-order valence-electron chi connectivity index (χ2n) is 3.34. The Morgan fingerprint density at radius 1 is 0.750 bits per heavy atom. The summed E-state index contributed by atoms with van der Waals surface area (Å²) in [6, 6.07) is 2.97. The number of nitrogens with zero attached hydrogens (tertiary/aromatic N) is 2. The van der Waals surface area contributed by atoms with Crippen molar-refractivity contribution < 1.29 is 10.4 Å². The highest BCUT2D eigenvalue weighted by molar-refractivity contribution is 5.93. The normalized spacial score (nSPS) is 15.4. The van der Waals surface area contributed by atoms with E-state index in [1.165, 1.54) is 12.1 Å². The molecule has 0 saturated carbocycles. The standard InChI is InChI=1S/C8H12N6O2/c9-3-1-2-4(10)6-5(3)13(15)7(11)8(12)14(6)16/h1-2,15-16H,9-12H2. The molecule has 1 aliphatic rings. The van der Waals surface area contributed by atoms with Gasteiger partial charge in [0.2, 0.25) is 0 Å². The summed E-state index contributed by atoms with van der Waals surface area (Å²) in [4.78, 5) is 0. The Kier molecular flexibility index (Phi) is 1.97. The third kappa shape index (κ3) is 1.11. The largest absolute Gasteiger partial charge is 0.397 e. The number of hydrogen-bond acceptors (Lipinski definition) is 8. The minimum atomic E-state index is -0.229. The second-order valence-corrected chi connectivity index (χ2v) is 3.34. The molecule has 0 spiro atoms. The Morgan fingerprint density at radius 3 is 1.38 bits per heavy atom. The monoisotopic (exact) mass is 224 g/mol. The summed E-state index contributed by atoms with van der Waals surface area (Å²) in [5.74, 6) is -0.459. The maximum absolute atomic E-state index is 9.72. The molecule has 10 N–H and O–H groups in total. The van der Waals surface area contributed by atoms with Crippen molar-refractivity contribution in [1.29, 1.82) is 0 Å². The molecule has 1 heterocycles. The molecule has 1 aromatic rings. The number of nitrogen functional groups attached to an aromatic ring is 2. The van der Waals surface area contributed by atoms with E-state index in [0.29, 0.717) is 10.1 Å². The van der Waals surface area contributed by atoms with Crippen LogP contribution in [0.4, 0.5) is 22.7 Å². The number of hydrogen-bond donors (Lipinski definition) is 6. The summed E-state index contributed by atoms with van der Waals surface area (Å²) < 4.78 is 0. The van der Waals surface area contributed by atoms with Crippen molar-refractivity contribution in [3.63, 3.8) is 0 Å². The maximum Gasteiger partial charge on any atom is 0.172 e. The van der Waals surface area contributed by atoms with Crippen LogP contribution in [0.25, 0.3) is 0 Å². The summed E-state index contributed by atoms with van der Waals surface area (Å²) in [6.07, 6.45) is 0. The van der Waals surface area contributed by atoms with Crippen LogP contribution in [0.2, 0.25) is 0 Å². The zero-order chi connectivity index (χ0) is 12.0. The molecule has 0 radical (unpaired) electrons. The number of fused-ring (bicyclic) bond motifs is 1. The zero-order valence-corrected chi connectivity index (χ0v) is 8.25. The van der Waals surface area contributed by atoms with E-state index in [1.807, 2.05) is 0 Å². The predicted octanol–water partition coefficient (Wildman–Crippen LogP) is -0.700. The van der Waals surface area contributed by atoms with E-state index in [2.05, 4.69) is 0 Å². The number of hydroxylamine groups is 2. The molecule has 16 heavy (non-hydrogen) atoms. The van der Waals surface area contributed by atoms with Crippen LogP contribution in [-0.2, 0) is 0 Å². The highest BCUT2D eigenvalue weighted by Crippen LogP contribution is 2.43. The average molecular weight is 224 g/mol. The molecule has 2 rings (SSSR count). The molecule has 0 unspecified atom stereocenters. The summed E-state index contributed by atoms with van der Waals surface area (Å²) in [7, 11) is 0. The average Bonchev–Trinajstić information content (AvgIpc) is 2.26. The van der Waals surface area contributed by atoms with Crippen LogP contribution in [0.1, 0.15) is 0 Å². The Morgan fingerprint density at radius 2 is 1.06 bits per heavy atom. The van der Waals surface area contributed by atoms with Crippen LogP contribution in [0, 0.1) is 0 Å². The fourth-order valence-corrected chi connectivity index (χ4v) is 1.51. The van der Waals surface area contributed by atoms with Crippen molar-refractivity contribution in [2.24, 2.45) is 11.5 Å². The lowest BCUT2D eigenvalue weighted by atomic mass is 10.1. The van der Waals surface area contributed by atoms with Crippen molar-refractivity contribution in [2.45, 2.75) is 0 Å². The van der Waals surface area contributed by atoms with Crippen LogP contribution in [0.15, 0.2) is 23.8 Å². The van der Waals surface area contributed by atoms with Crippen LogP contribution < -0.4 is 33.1 Å². The highest BCUT2D eigenvalue weighted by atomic mass is 16.5. The molecule has 86 valence electrons. The van der Waals surface area contributed by atoms with E-state index in [1.54, 1.807) is 0 Å². The van der Waals surface area contributed by atoms with Crippen LogP contribution in [0.3, 0.4) is 0 Å². The highest BCUT2D eigenvalue weighted by Gasteiger charge is 2.30. The van der Waals surface area contributed by atoms with Crippen LogP contribution in [0.5, 0.6) is 0 Å². The summed E-state index contributed by atoms with van der Waals surface area (Å²) >= 11 is 0. The molecule has 0 aromatic heterocycles. The van der Waals surface area contributed by atoms with Gasteiger partial charge in [-0.3, -0.25) is 10.4 Å². The van der Waals surface area contributed by atoms with Crippen LogP contribution >= 0.6 is 0 Å². The zero-order valence-electron chi connectivity index (χ0n) is 8.25. The molecule has 8 heteroatoms. The molecule has 1 aromatic carbocycles. The van der Waals surface area contributed by atoms with E-state index in [-0.39, 0.29) is 34.4 Å². The van der Waals surface area contributed by atoms with Gasteiger partial charge in [-0.2, -0.15) is 0 Å². The van der Waals surface area contributed by atoms with Gasteiger partial charge in [-0.05, 0) is 12.1 Å². The summed E-state index contributed by atoms with van der Waals surface area (Å²) in [6.45, 7) is 0. The molecule has 0 saturated heterocycles. The van der Waals surface area contributed by atoms with Crippen molar-refractivity contribution in [2.75, 3.05) is 21.6 Å². The molecular weight excluding hydrogens is 212 g/mol. The minimum Gasteiger partial charge on any atom is -0.397 e. The van der Waals surface area contributed by atoms with Crippen molar-refractivity contribution in [1.82, 2.24) is 0 Å². The van der Waals surface area contributed by atoms with Gasteiger partial charge in [0.25, 0.3) is 0 Å². The number of benzene rings is 1. The van der Waals surface area contributed by atoms with Gasteiger partial charge >= 0.3 is 0 Å². The van der Waals surface area contributed by atoms with Gasteiger partial charge in [-0.15, -0.1) is 0 Å². The van der Waals surface area contributed by atoms with E-state index in [9.17, 15) is 10.4 Å². The fourth-order valence-electron chi connectivity index (χ4n) is 1.51. The van der Waals surface area contributed by atoms with E-state index >= 15 is 0 Å². The number of anilines is 4. The van der Waals surface area contributed by atoms with Gasteiger partial charge in [0.05, 0.1) is 11.4 Å². The summed E-state index contributed by atoms with van der Waals surface area (Å²) in [5, 5.41) is 20.6. The first kappa shape index (κ1) is 10.2. The predicted molar refractivity (Wildman–Crippen MR) is 59.2 cm³/mol. The Hall–Kier alpha value is -2.32. The third-order valence-corrected chi connectivity index (χ3v) is 2.36. The van der Waals surface area contributed by atoms with E-state index in [4.69, 9.17) is 22.9 Å². The van der Waals surface area contributed by atoms with Gasteiger partial charge in [0.15, 0.2) is 11.6 Å². The molecule has 0 fully saturated rings. The lowest BCUT2D eigenvalue weighted by molar-refractivity contribution is 0.246. The van der Waals surface area contributed by atoms with Gasteiger partial charge in [0, 0.05) is 0 Å². The number of rotatable bonds is 0. The van der Waals surface area contributed by atoms with E-state index < -0.39 is 0 Å². The Bertz CT molecular complexity index is 443. The van der Waals surface area contributed by atoms with E-state index in [0.717, 1.165) is 0 Å². The Balaban J connectivity index is 2.75. The van der Waals surface area contributed by atoms with Crippen molar-refractivity contribution >= 4 is 22.7 Å². The van der Waals surface area contributed by atoms with Gasteiger partial charge in [0.1, 0.15) is 11.4 Å². The van der Waals surface area contributed by atoms with Gasteiger partial charge in [-0.1, -0.05) is 0 Å². The first-order valence-corrected chi connectivity index (χ1v) is 4.36. The quantitative estimate of drug-likeness (QED) is 0.316. The van der Waals surface area contributed by atoms with Crippen molar-refractivity contribution in [3.05, 3.63) is 23.8 Å². The first-order valence-electron chi connectivity index (χ1n) is 4.36. The van der Waals surface area contributed by atoms with Gasteiger partial charge < -0.3 is 22.9 Å². The number of nitrogens with two attached hydrogens (primary N) is 4. The maximum atomic E-state index is 9.72. The smallest absolute Gasteiger partial charge is 0.172 e. The van der Waals surface area contributed by atoms with Crippen molar-refractivity contribution in [3.8, 4) is 0 Å².